The number of nitrogens with one attached hydrogen (secondary N) is 1. The Balaban J connectivity index is 2.00. The smallest absolute Gasteiger partial charge is 0.124 e. The first-order valence-corrected chi connectivity index (χ1v) is 9.47. The summed E-state index contributed by atoms with van der Waals surface area (Å²) in [6, 6.07) is 8.15. The molecule has 1 aliphatic rings. The minimum Gasteiger partial charge on any atom is -0.494 e. The second kappa shape index (κ2) is 8.54. The maximum absolute atomic E-state index is 12.4. The highest BCUT2D eigenvalue weighted by atomic mass is 32.2. The summed E-state index contributed by atoms with van der Waals surface area (Å²) in [6.45, 7) is 2.64. The van der Waals surface area contributed by atoms with Crippen LogP contribution in [0.1, 0.15) is 44.2 Å². The number of para-hydroxylation sites is 1. The van der Waals surface area contributed by atoms with E-state index in [0.717, 1.165) is 17.1 Å². The van der Waals surface area contributed by atoms with Crippen molar-refractivity contribution in [1.82, 2.24) is 5.32 Å². The van der Waals surface area contributed by atoms with Gasteiger partial charge in [0.1, 0.15) is 5.75 Å². The fourth-order valence-corrected chi connectivity index (χ4v) is 4.79. The molecule has 2 rings (SSSR count). The van der Waals surface area contributed by atoms with Gasteiger partial charge in [0.15, 0.2) is 0 Å². The van der Waals surface area contributed by atoms with Crippen molar-refractivity contribution in [2.75, 3.05) is 25.2 Å². The number of hydrogen-bond donors (Lipinski definition) is 1. The Hall–Kier alpha value is -0.870. The SMILES string of the molecule is CCOc1ccccc1C(CS(=O)CC1CCCC1)NC. The summed E-state index contributed by atoms with van der Waals surface area (Å²) in [6.07, 6.45) is 5.13. The second-order valence-corrected chi connectivity index (χ2v) is 7.28. The summed E-state index contributed by atoms with van der Waals surface area (Å²) in [4.78, 5) is 0. The van der Waals surface area contributed by atoms with Gasteiger partial charge in [-0.25, -0.2) is 0 Å². The molecule has 118 valence electrons. The third-order valence-corrected chi connectivity index (χ3v) is 5.74. The molecule has 0 bridgehead atoms. The van der Waals surface area contributed by atoms with Gasteiger partial charge in [0, 0.05) is 33.9 Å². The third-order valence-electron chi connectivity index (χ3n) is 4.19. The number of rotatable bonds is 8. The molecule has 0 aromatic heterocycles. The normalized spacial score (nSPS) is 18.6. The Kier molecular flexibility index (Phi) is 6.71. The Bertz CT molecular complexity index is 458. The van der Waals surface area contributed by atoms with Gasteiger partial charge in [0.2, 0.25) is 0 Å². The van der Waals surface area contributed by atoms with Gasteiger partial charge >= 0.3 is 0 Å². The van der Waals surface area contributed by atoms with Crippen molar-refractivity contribution >= 4 is 10.8 Å². The molecule has 0 aliphatic heterocycles. The largest absolute Gasteiger partial charge is 0.494 e. The van der Waals surface area contributed by atoms with Gasteiger partial charge in [-0.1, -0.05) is 31.0 Å². The van der Waals surface area contributed by atoms with Crippen molar-refractivity contribution in [3.05, 3.63) is 29.8 Å². The summed E-state index contributed by atoms with van der Waals surface area (Å²) < 4.78 is 18.1. The molecular weight excluding hydrogens is 282 g/mol. The van der Waals surface area contributed by atoms with E-state index in [0.29, 0.717) is 18.3 Å². The number of ether oxygens (including phenoxy) is 1. The highest BCUT2D eigenvalue weighted by Crippen LogP contribution is 2.28. The average Bonchev–Trinajstić information content (AvgIpc) is 2.99. The lowest BCUT2D eigenvalue weighted by atomic mass is 10.1. The molecule has 0 radical (unpaired) electrons. The van der Waals surface area contributed by atoms with E-state index < -0.39 is 10.8 Å². The lowest BCUT2D eigenvalue weighted by Gasteiger charge is -2.20. The highest BCUT2D eigenvalue weighted by Gasteiger charge is 2.21. The van der Waals surface area contributed by atoms with E-state index in [2.05, 4.69) is 11.4 Å². The predicted octanol–water partition coefficient (Wildman–Crippen LogP) is 3.28. The van der Waals surface area contributed by atoms with Gasteiger partial charge in [0.25, 0.3) is 0 Å². The summed E-state index contributed by atoms with van der Waals surface area (Å²) in [5.74, 6) is 3.09. The van der Waals surface area contributed by atoms with Crippen molar-refractivity contribution in [2.24, 2.45) is 5.92 Å². The molecule has 0 heterocycles. The van der Waals surface area contributed by atoms with Crippen LogP contribution in [0.4, 0.5) is 0 Å². The second-order valence-electron chi connectivity index (χ2n) is 5.74. The van der Waals surface area contributed by atoms with E-state index in [4.69, 9.17) is 4.74 Å². The van der Waals surface area contributed by atoms with Crippen molar-refractivity contribution in [2.45, 2.75) is 38.6 Å². The van der Waals surface area contributed by atoms with Crippen LogP contribution in [-0.2, 0) is 10.8 Å². The van der Waals surface area contributed by atoms with E-state index in [1.807, 2.05) is 32.2 Å². The summed E-state index contributed by atoms with van der Waals surface area (Å²) in [5, 5.41) is 3.30. The molecule has 0 saturated heterocycles. The zero-order valence-corrected chi connectivity index (χ0v) is 14.0. The van der Waals surface area contributed by atoms with Crippen LogP contribution in [0.5, 0.6) is 5.75 Å². The molecule has 1 saturated carbocycles. The fourth-order valence-electron chi connectivity index (χ4n) is 3.08. The Morgan fingerprint density at radius 2 is 2.05 bits per heavy atom. The van der Waals surface area contributed by atoms with Gasteiger partial charge in [-0.3, -0.25) is 4.21 Å². The highest BCUT2D eigenvalue weighted by molar-refractivity contribution is 7.85. The lowest BCUT2D eigenvalue weighted by molar-refractivity contribution is 0.333. The van der Waals surface area contributed by atoms with Crippen LogP contribution in [0.3, 0.4) is 0 Å². The minimum absolute atomic E-state index is 0.0926. The van der Waals surface area contributed by atoms with Gasteiger partial charge in [-0.05, 0) is 38.8 Å². The first-order valence-electron chi connectivity index (χ1n) is 7.98. The zero-order valence-electron chi connectivity index (χ0n) is 13.1. The topological polar surface area (TPSA) is 38.3 Å². The van der Waals surface area contributed by atoms with Gasteiger partial charge < -0.3 is 10.1 Å². The Morgan fingerprint density at radius 3 is 2.71 bits per heavy atom. The van der Waals surface area contributed by atoms with Crippen LogP contribution in [0.25, 0.3) is 0 Å². The fraction of sp³-hybridized carbons (Fsp3) is 0.647. The third kappa shape index (κ3) is 4.82. The van der Waals surface area contributed by atoms with E-state index in [9.17, 15) is 4.21 Å². The summed E-state index contributed by atoms with van der Waals surface area (Å²) >= 11 is 0. The first-order chi connectivity index (χ1) is 10.2. The molecule has 4 heteroatoms. The van der Waals surface area contributed by atoms with Crippen molar-refractivity contribution < 1.29 is 8.95 Å². The molecule has 1 aromatic rings. The van der Waals surface area contributed by atoms with Crippen LogP contribution in [0.2, 0.25) is 0 Å². The molecule has 21 heavy (non-hydrogen) atoms. The van der Waals surface area contributed by atoms with Gasteiger partial charge in [-0.2, -0.15) is 0 Å². The Labute approximate surface area is 130 Å². The molecule has 3 nitrogen and oxygen atoms in total. The minimum atomic E-state index is -0.771. The monoisotopic (exact) mass is 309 g/mol. The van der Waals surface area contributed by atoms with Crippen molar-refractivity contribution in [3.63, 3.8) is 0 Å². The van der Waals surface area contributed by atoms with E-state index in [1.165, 1.54) is 25.7 Å². The maximum atomic E-state index is 12.4. The summed E-state index contributed by atoms with van der Waals surface area (Å²) in [5.41, 5.74) is 1.11. The molecule has 0 spiro atoms. The molecule has 1 aromatic carbocycles. The maximum Gasteiger partial charge on any atom is 0.124 e. The standard InChI is InChI=1S/C17H27NO2S/c1-3-20-17-11-7-6-10-15(17)16(18-2)13-21(19)12-14-8-4-5-9-14/h6-7,10-11,14,16,18H,3-5,8-9,12-13H2,1-2H3. The van der Waals surface area contributed by atoms with Gasteiger partial charge in [0.05, 0.1) is 6.61 Å². The first kappa shape index (κ1) is 16.5. The molecular formula is C17H27NO2S. The molecule has 1 aliphatic carbocycles. The molecule has 2 atom stereocenters. The molecule has 2 unspecified atom stereocenters. The predicted molar refractivity (Wildman–Crippen MR) is 89.2 cm³/mol. The van der Waals surface area contributed by atoms with Crippen LogP contribution in [-0.4, -0.2) is 29.4 Å². The summed E-state index contributed by atoms with van der Waals surface area (Å²) in [7, 11) is 1.16. The van der Waals surface area contributed by atoms with Crippen LogP contribution in [0.15, 0.2) is 24.3 Å². The lowest BCUT2D eigenvalue weighted by Crippen LogP contribution is -2.25. The zero-order chi connectivity index (χ0) is 15.1. The number of benzene rings is 1. The van der Waals surface area contributed by atoms with Crippen LogP contribution >= 0.6 is 0 Å². The van der Waals surface area contributed by atoms with Crippen molar-refractivity contribution in [3.8, 4) is 5.75 Å². The Morgan fingerprint density at radius 1 is 1.33 bits per heavy atom. The molecule has 1 fully saturated rings. The van der Waals surface area contributed by atoms with Crippen LogP contribution in [0, 0.1) is 5.92 Å². The number of hydrogen-bond acceptors (Lipinski definition) is 3. The van der Waals surface area contributed by atoms with E-state index >= 15 is 0 Å². The van der Waals surface area contributed by atoms with Crippen molar-refractivity contribution in [1.29, 1.82) is 0 Å². The van der Waals surface area contributed by atoms with Gasteiger partial charge in [-0.15, -0.1) is 0 Å². The van der Waals surface area contributed by atoms with Crippen LogP contribution < -0.4 is 10.1 Å². The molecule has 1 N–H and O–H groups in total. The molecule has 0 amide bonds. The average molecular weight is 309 g/mol. The van der Waals surface area contributed by atoms with E-state index in [-0.39, 0.29) is 6.04 Å². The van der Waals surface area contributed by atoms with E-state index in [1.54, 1.807) is 0 Å². The quantitative estimate of drug-likeness (QED) is 0.801.